The van der Waals surface area contributed by atoms with Crippen LogP contribution < -0.4 is 5.32 Å². The zero-order valence-corrected chi connectivity index (χ0v) is 17.2. The minimum atomic E-state index is -0.506. The van der Waals surface area contributed by atoms with Crippen LogP contribution in [-0.2, 0) is 17.7 Å². The van der Waals surface area contributed by atoms with E-state index in [9.17, 15) is 9.60 Å². The van der Waals surface area contributed by atoms with Crippen LogP contribution in [0.1, 0.15) is 30.8 Å². The number of hydrogen-bond acceptors (Lipinski definition) is 8. The third kappa shape index (κ3) is 5.51. The normalized spacial score (nSPS) is 16.3. The van der Waals surface area contributed by atoms with Gasteiger partial charge in [-0.2, -0.15) is 0 Å². The Morgan fingerprint density at radius 2 is 2.10 bits per heavy atom. The van der Waals surface area contributed by atoms with Crippen LogP contribution in [0, 0.1) is 5.82 Å². The lowest BCUT2D eigenvalue weighted by molar-refractivity contribution is -0.00970. The number of halogens is 2. The van der Waals surface area contributed by atoms with E-state index in [4.69, 9.17) is 21.0 Å². The monoisotopic (exact) mass is 425 g/mol. The zero-order chi connectivity index (χ0) is 20.9. The first-order valence-electron chi connectivity index (χ1n) is 9.41. The number of hydrogen-bond donors (Lipinski definition) is 2. The first kappa shape index (κ1) is 21.6. The lowest BCUT2D eigenvalue weighted by Crippen LogP contribution is -2.54. The maximum absolute atomic E-state index is 13.4. The third-order valence-electron chi connectivity index (χ3n) is 5.02. The summed E-state index contributed by atoms with van der Waals surface area (Å²) in [5.74, 6) is -0.506. The number of nitrogens with one attached hydrogen (secondary N) is 1. The molecule has 2 N–H and O–H groups in total. The molecule has 1 saturated heterocycles. The zero-order valence-electron chi connectivity index (χ0n) is 16.5. The van der Waals surface area contributed by atoms with Crippen LogP contribution in [0.2, 0.25) is 5.02 Å². The average Bonchev–Trinajstić information content (AvgIpc) is 3.17. The molecule has 0 unspecified atom stereocenters. The van der Waals surface area contributed by atoms with Gasteiger partial charge in [0.25, 0.3) is 0 Å². The van der Waals surface area contributed by atoms with Gasteiger partial charge in [0.15, 0.2) is 5.69 Å². The molecule has 1 fully saturated rings. The Balaban J connectivity index is 1.62. The van der Waals surface area contributed by atoms with E-state index in [0.717, 1.165) is 32.8 Å². The van der Waals surface area contributed by atoms with Gasteiger partial charge in [0.1, 0.15) is 17.2 Å². The largest absolute Gasteiger partial charge is 0.411 e. The Bertz CT molecular complexity index is 852. The Labute approximate surface area is 173 Å². The van der Waals surface area contributed by atoms with Crippen molar-refractivity contribution in [3.8, 4) is 0 Å². The minimum Gasteiger partial charge on any atom is -0.411 e. The standard InChI is InChI=1S/C19H25ClFN5O3/c1-19(2,26-5-7-28-8-6-26)12-22-11-17-18(25-29-24-17)16(23-27)10-13-3-4-15(21)14(20)9-13/h3-4,9,22,27H,5-8,10-12H2,1-2H3. The number of nitrogens with zero attached hydrogens (tertiary/aromatic N) is 4. The number of oxime groups is 1. The molecule has 10 heteroatoms. The Morgan fingerprint density at radius 3 is 2.79 bits per heavy atom. The molecule has 1 aromatic heterocycles. The summed E-state index contributed by atoms with van der Waals surface area (Å²) in [6.07, 6.45) is 0.205. The third-order valence-corrected chi connectivity index (χ3v) is 5.31. The van der Waals surface area contributed by atoms with Gasteiger partial charge in [-0.3, -0.25) is 4.90 Å². The molecular formula is C19H25ClFN5O3. The van der Waals surface area contributed by atoms with Gasteiger partial charge in [0.2, 0.25) is 0 Å². The van der Waals surface area contributed by atoms with Gasteiger partial charge in [-0.15, -0.1) is 0 Å². The van der Waals surface area contributed by atoms with Crippen LogP contribution in [0.15, 0.2) is 28.0 Å². The van der Waals surface area contributed by atoms with Crippen molar-refractivity contribution < 1.29 is 19.0 Å². The van der Waals surface area contributed by atoms with Crippen molar-refractivity contribution >= 4 is 17.3 Å². The van der Waals surface area contributed by atoms with Crippen LogP contribution in [0.25, 0.3) is 0 Å². The predicted molar refractivity (Wildman–Crippen MR) is 106 cm³/mol. The maximum atomic E-state index is 13.4. The molecule has 2 heterocycles. The SMILES string of the molecule is CC(C)(CNCc1nonc1C(Cc1ccc(F)c(Cl)c1)=NO)N1CCOCC1. The second-order valence-corrected chi connectivity index (χ2v) is 7.95. The van der Waals surface area contributed by atoms with Crippen molar-refractivity contribution in [3.05, 3.63) is 46.0 Å². The van der Waals surface area contributed by atoms with Crippen LogP contribution in [0.5, 0.6) is 0 Å². The molecule has 0 radical (unpaired) electrons. The molecule has 0 bridgehead atoms. The van der Waals surface area contributed by atoms with Crippen molar-refractivity contribution in [2.24, 2.45) is 5.16 Å². The molecule has 158 valence electrons. The Kier molecular flexibility index (Phi) is 7.18. The van der Waals surface area contributed by atoms with E-state index in [-0.39, 0.29) is 22.7 Å². The van der Waals surface area contributed by atoms with E-state index in [0.29, 0.717) is 23.5 Å². The van der Waals surface area contributed by atoms with Crippen LogP contribution >= 0.6 is 11.6 Å². The number of aromatic nitrogens is 2. The van der Waals surface area contributed by atoms with Crippen LogP contribution in [-0.4, -0.2) is 64.5 Å². The van der Waals surface area contributed by atoms with E-state index < -0.39 is 5.82 Å². The fraction of sp³-hybridized carbons (Fsp3) is 0.526. The van der Waals surface area contributed by atoms with E-state index in [1.54, 1.807) is 6.07 Å². The second kappa shape index (κ2) is 9.62. The highest BCUT2D eigenvalue weighted by atomic mass is 35.5. The lowest BCUT2D eigenvalue weighted by atomic mass is 10.0. The number of benzene rings is 1. The fourth-order valence-electron chi connectivity index (χ4n) is 3.32. The maximum Gasteiger partial charge on any atom is 0.157 e. The van der Waals surface area contributed by atoms with Crippen molar-refractivity contribution in [3.63, 3.8) is 0 Å². The summed E-state index contributed by atoms with van der Waals surface area (Å²) < 4.78 is 23.6. The van der Waals surface area contributed by atoms with Crippen molar-refractivity contribution in [1.29, 1.82) is 0 Å². The summed E-state index contributed by atoms with van der Waals surface area (Å²) in [6.45, 7) is 8.74. The van der Waals surface area contributed by atoms with Gasteiger partial charge < -0.3 is 15.3 Å². The predicted octanol–water partition coefficient (Wildman–Crippen LogP) is 2.48. The van der Waals surface area contributed by atoms with Crippen molar-refractivity contribution in [2.75, 3.05) is 32.8 Å². The van der Waals surface area contributed by atoms with Gasteiger partial charge in [-0.25, -0.2) is 9.02 Å². The Morgan fingerprint density at radius 1 is 1.34 bits per heavy atom. The molecule has 1 aliphatic heterocycles. The molecule has 29 heavy (non-hydrogen) atoms. The quantitative estimate of drug-likeness (QED) is 0.381. The van der Waals surface area contributed by atoms with Gasteiger partial charge >= 0.3 is 0 Å². The van der Waals surface area contributed by atoms with Crippen LogP contribution in [0.4, 0.5) is 4.39 Å². The molecule has 1 aromatic carbocycles. The van der Waals surface area contributed by atoms with Crippen molar-refractivity contribution in [2.45, 2.75) is 32.4 Å². The summed E-state index contributed by atoms with van der Waals surface area (Å²) in [7, 11) is 0. The van der Waals surface area contributed by atoms with Gasteiger partial charge in [0, 0.05) is 38.1 Å². The molecule has 8 nitrogen and oxygen atoms in total. The average molecular weight is 426 g/mol. The summed E-state index contributed by atoms with van der Waals surface area (Å²) in [4.78, 5) is 2.38. The highest BCUT2D eigenvalue weighted by Crippen LogP contribution is 2.19. The second-order valence-electron chi connectivity index (χ2n) is 7.55. The molecule has 2 aromatic rings. The number of ether oxygens (including phenoxy) is 1. The van der Waals surface area contributed by atoms with Gasteiger partial charge in [-0.1, -0.05) is 28.0 Å². The number of rotatable bonds is 8. The number of morpholine rings is 1. The molecule has 0 atom stereocenters. The molecule has 0 amide bonds. The summed E-state index contributed by atoms with van der Waals surface area (Å²) in [5, 5.41) is 24.0. The molecular weight excluding hydrogens is 401 g/mol. The van der Waals surface area contributed by atoms with E-state index in [2.05, 4.69) is 39.5 Å². The molecule has 0 saturated carbocycles. The van der Waals surface area contributed by atoms with E-state index in [1.807, 2.05) is 0 Å². The van der Waals surface area contributed by atoms with E-state index >= 15 is 0 Å². The van der Waals surface area contributed by atoms with E-state index in [1.165, 1.54) is 12.1 Å². The highest BCUT2D eigenvalue weighted by Gasteiger charge is 2.28. The fourth-order valence-corrected chi connectivity index (χ4v) is 3.52. The molecule has 0 spiro atoms. The first-order chi connectivity index (χ1) is 13.9. The smallest absolute Gasteiger partial charge is 0.157 e. The summed E-state index contributed by atoms with van der Waals surface area (Å²) in [5.41, 5.74) is 1.77. The van der Waals surface area contributed by atoms with Gasteiger partial charge in [-0.05, 0) is 36.7 Å². The first-order valence-corrected chi connectivity index (χ1v) is 9.78. The highest BCUT2D eigenvalue weighted by molar-refractivity contribution is 6.30. The summed E-state index contributed by atoms with van der Waals surface area (Å²) >= 11 is 5.83. The van der Waals surface area contributed by atoms with Gasteiger partial charge in [0.05, 0.1) is 18.2 Å². The minimum absolute atomic E-state index is 0.00491. The lowest BCUT2D eigenvalue weighted by Gasteiger charge is -2.41. The van der Waals surface area contributed by atoms with Crippen LogP contribution in [0.3, 0.4) is 0 Å². The Hall–Kier alpha value is -2.07. The molecule has 3 rings (SSSR count). The van der Waals surface area contributed by atoms with Crippen molar-refractivity contribution in [1.82, 2.24) is 20.5 Å². The molecule has 1 aliphatic rings. The topological polar surface area (TPSA) is 96.0 Å². The summed E-state index contributed by atoms with van der Waals surface area (Å²) in [6, 6.07) is 4.32. The molecule has 0 aliphatic carbocycles.